The van der Waals surface area contributed by atoms with Crippen LogP contribution in [0.25, 0.3) is 11.2 Å². The minimum atomic E-state index is -2.18. The summed E-state index contributed by atoms with van der Waals surface area (Å²) in [6.45, 7) is 2.39. The van der Waals surface area contributed by atoms with E-state index in [1.165, 1.54) is 38.4 Å². The second kappa shape index (κ2) is 25.4. The quantitative estimate of drug-likeness (QED) is 0.0191. The Morgan fingerprint density at radius 3 is 2.38 bits per heavy atom. The number of ketones is 4. The Hall–Kier alpha value is -8.02. The molecule has 0 radical (unpaired) electrons. The Morgan fingerprint density at radius 1 is 0.951 bits per heavy atom. The summed E-state index contributed by atoms with van der Waals surface area (Å²) in [4.78, 5) is 131. The van der Waals surface area contributed by atoms with E-state index in [9.17, 15) is 73.8 Å². The minimum Gasteiger partial charge on any atom is -0.507 e. The number of aliphatic hydroxyl groups is 2. The fraction of sp³-hybridized carbons (Fsp3) is 0.407. The van der Waals surface area contributed by atoms with Gasteiger partial charge in [-0.15, -0.1) is 0 Å². The van der Waals surface area contributed by atoms with Crippen LogP contribution in [0.3, 0.4) is 0 Å². The largest absolute Gasteiger partial charge is 0.507 e. The molecule has 1 saturated heterocycles. The number of nitrogen functional groups attached to an aromatic ring is 1. The number of hydrogen-bond acceptors (Lipinski definition) is 23. The molecule has 434 valence electrons. The van der Waals surface area contributed by atoms with Gasteiger partial charge in [0.15, 0.2) is 34.8 Å². The molecule has 82 heavy (non-hydrogen) atoms. The van der Waals surface area contributed by atoms with Crippen molar-refractivity contribution in [2.45, 2.75) is 108 Å². The number of alkyl carbamates (subject to hydrolysis) is 1. The van der Waals surface area contributed by atoms with Crippen LogP contribution in [0.5, 0.6) is 17.2 Å². The Labute approximate surface area is 473 Å². The summed E-state index contributed by atoms with van der Waals surface area (Å²) in [6.07, 6.45) is -6.07. The zero-order valence-electron chi connectivity index (χ0n) is 44.2. The van der Waals surface area contributed by atoms with E-state index >= 15 is 0 Å². The van der Waals surface area contributed by atoms with Crippen molar-refractivity contribution in [2.24, 2.45) is 5.92 Å². The average molecular weight is 1170 g/mol. The number of methoxy groups -OCH3 is 1. The highest BCUT2D eigenvalue weighted by molar-refractivity contribution is 8.76. The number of amides is 2. The number of carbonyl (C=O) groups excluding carboxylic acids is 6. The van der Waals surface area contributed by atoms with E-state index < -0.39 is 143 Å². The number of H-pyrrole nitrogens is 1. The number of phenols is 2. The van der Waals surface area contributed by atoms with Crippen molar-refractivity contribution in [1.82, 2.24) is 30.6 Å². The van der Waals surface area contributed by atoms with Crippen molar-refractivity contribution >= 4 is 85.8 Å². The lowest BCUT2D eigenvalue weighted by Gasteiger charge is -2.42. The molecular formula is C54H57N7O19S2. The van der Waals surface area contributed by atoms with Crippen molar-refractivity contribution in [2.75, 3.05) is 31.0 Å². The summed E-state index contributed by atoms with van der Waals surface area (Å²) < 4.78 is 22.8. The van der Waals surface area contributed by atoms with Gasteiger partial charge in [-0.25, -0.2) is 19.6 Å². The number of anilines is 1. The number of aromatic nitrogens is 4. The van der Waals surface area contributed by atoms with E-state index in [0.717, 1.165) is 34.1 Å². The van der Waals surface area contributed by atoms with Gasteiger partial charge in [0.1, 0.15) is 41.6 Å². The number of benzene rings is 3. The first kappa shape index (κ1) is 60.1. The number of ether oxygens (including phenoxy) is 4. The second-order valence-electron chi connectivity index (χ2n) is 19.8. The number of carbonyl (C=O) groups is 8. The number of fused-ring (bicyclic) bond motifs is 4. The van der Waals surface area contributed by atoms with Gasteiger partial charge in [0.2, 0.25) is 17.6 Å². The number of rotatable bonds is 23. The number of aromatic hydroxyl groups is 2. The molecule has 1 aliphatic heterocycles. The van der Waals surface area contributed by atoms with Crippen molar-refractivity contribution in [1.29, 1.82) is 0 Å². The zero-order valence-corrected chi connectivity index (χ0v) is 45.8. The van der Waals surface area contributed by atoms with Gasteiger partial charge in [-0.1, -0.05) is 58.0 Å². The van der Waals surface area contributed by atoms with Gasteiger partial charge >= 0.3 is 18.0 Å². The fourth-order valence-electron chi connectivity index (χ4n) is 9.93. The Morgan fingerprint density at radius 2 is 1.68 bits per heavy atom. The van der Waals surface area contributed by atoms with Gasteiger partial charge in [-0.3, -0.25) is 38.5 Å². The average Bonchev–Trinajstić information content (AvgIpc) is 3.45. The number of nitrogens with zero attached hydrogens (tertiary/aromatic N) is 3. The van der Waals surface area contributed by atoms with Crippen LogP contribution in [0.1, 0.15) is 117 Å². The molecular weight excluding hydrogens is 1110 g/mol. The number of carboxylic acids is 2. The third-order valence-corrected chi connectivity index (χ3v) is 16.7. The third-order valence-electron chi connectivity index (χ3n) is 14.3. The van der Waals surface area contributed by atoms with Gasteiger partial charge in [0.25, 0.3) is 5.56 Å². The standard InChI is InChI=1S/C54H57N7O19S2/c1-23-43(65)31(18-37(79-23)80-35-20-54(76,24(2)62)19-30-39(35)47(69)41-40(45(30)67)44(66)29-5-4-6-34(77-3)38(29)46(41)68)59-53(75)78-15-16-81-82-22-32(51(73)74)58-36(64)14-12-27(50(71)72)17-33(63)26-10-7-25(8-11-26)9-13-28-21-56-48-42(57-28)49(70)61-52(55)60-48/h4-8,10-11,21,23,27,31-32,35,37,43,65,67,69,76H,9,12-20,22H2,1-3H3,(H,58,64)(H,59,75)(H,71,72)(H,73,74)(H3,55,56,60,61,70)/t23?,27?,31?,32?,35?,37?,43?,54-/m0/s1. The van der Waals surface area contributed by atoms with Gasteiger partial charge in [0, 0.05) is 65.9 Å². The lowest BCUT2D eigenvalue weighted by molar-refractivity contribution is -0.249. The molecule has 3 aliphatic rings. The first-order valence-electron chi connectivity index (χ1n) is 25.6. The lowest BCUT2D eigenvalue weighted by atomic mass is 9.72. The molecule has 0 spiro atoms. The topological polar surface area (TPSA) is 416 Å². The molecule has 5 aromatic rings. The molecule has 1 fully saturated rings. The number of nitrogens with one attached hydrogen (secondary N) is 3. The molecule has 2 aromatic heterocycles. The van der Waals surface area contributed by atoms with Gasteiger partial charge in [-0.05, 0) is 44.7 Å². The van der Waals surface area contributed by atoms with Gasteiger partial charge in [0.05, 0.1) is 59.9 Å². The maximum Gasteiger partial charge on any atom is 0.407 e. The number of nitrogens with two attached hydrogens (primary N) is 1. The summed E-state index contributed by atoms with van der Waals surface area (Å²) >= 11 is 0. The summed E-state index contributed by atoms with van der Waals surface area (Å²) in [5.41, 5.74) is 2.89. The van der Waals surface area contributed by atoms with Gasteiger partial charge < -0.3 is 66.0 Å². The normalized spacial score (nSPS) is 20.8. The minimum absolute atomic E-state index is 0.0386. The molecule has 3 heterocycles. The predicted molar refractivity (Wildman–Crippen MR) is 291 cm³/mol. The highest BCUT2D eigenvalue weighted by Gasteiger charge is 2.50. The van der Waals surface area contributed by atoms with E-state index in [1.807, 2.05) is 0 Å². The smallest absolute Gasteiger partial charge is 0.407 e. The van der Waals surface area contributed by atoms with E-state index in [0.29, 0.717) is 18.5 Å². The predicted octanol–water partition coefficient (Wildman–Crippen LogP) is 2.90. The van der Waals surface area contributed by atoms with Crippen LogP contribution in [0.2, 0.25) is 0 Å². The Kier molecular flexibility index (Phi) is 18.6. The van der Waals surface area contributed by atoms with Crippen LogP contribution < -0.4 is 26.7 Å². The Bertz CT molecular complexity index is 3430. The van der Waals surface area contributed by atoms with Crippen molar-refractivity contribution < 1.29 is 87.9 Å². The molecule has 28 heteroatoms. The molecule has 0 saturated carbocycles. The van der Waals surface area contributed by atoms with Crippen LogP contribution in [0, 0.1) is 5.92 Å². The maximum atomic E-state index is 14.0. The van der Waals surface area contributed by atoms with Crippen molar-refractivity contribution in [3.63, 3.8) is 0 Å². The van der Waals surface area contributed by atoms with Crippen LogP contribution in [-0.2, 0) is 52.7 Å². The first-order chi connectivity index (χ1) is 39.0. The molecule has 3 aromatic carbocycles. The number of hydrogen-bond donors (Lipinski definition) is 10. The molecule has 26 nitrogen and oxygen atoms in total. The summed E-state index contributed by atoms with van der Waals surface area (Å²) in [5.74, 6) is -9.07. The summed E-state index contributed by atoms with van der Waals surface area (Å²) in [5, 5.41) is 70.7. The number of aliphatic hydroxyl groups excluding tert-OH is 1. The van der Waals surface area contributed by atoms with E-state index in [1.54, 1.807) is 24.3 Å². The number of aryl methyl sites for hydroxylation is 2. The maximum absolute atomic E-state index is 14.0. The van der Waals surface area contributed by atoms with Crippen molar-refractivity contribution in [3.8, 4) is 17.2 Å². The van der Waals surface area contributed by atoms with Gasteiger partial charge in [-0.2, -0.15) is 4.98 Å². The SMILES string of the molecule is COc1cccc2c1C(=O)c1c(O)c3c(c(O)c1C2=O)C[C@@](O)(C(C)=O)CC3OC1CC(NC(=O)OCCSSCC(NC(=O)CCC(CC(=O)c2ccc(CCc3cnc4nc(N)[nH]c(=O)c4n3)cc2)C(=O)O)C(=O)O)C(O)C(C)O1. The summed E-state index contributed by atoms with van der Waals surface area (Å²) in [7, 11) is 3.44. The van der Waals surface area contributed by atoms with Crippen molar-refractivity contribution in [3.05, 3.63) is 109 Å². The van der Waals surface area contributed by atoms with Crippen LogP contribution in [0.15, 0.2) is 53.5 Å². The fourth-order valence-corrected chi connectivity index (χ4v) is 11.9. The van der Waals surface area contributed by atoms with E-state index in [-0.39, 0.29) is 88.1 Å². The number of aliphatic carboxylic acids is 2. The lowest BCUT2D eigenvalue weighted by Crippen LogP contribution is -2.55. The second-order valence-corrected chi connectivity index (χ2v) is 22.4. The Balaban J connectivity index is 0.783. The summed E-state index contributed by atoms with van der Waals surface area (Å²) in [6, 6.07) is 8.32. The molecule has 2 amide bonds. The molecule has 8 rings (SSSR count). The monoisotopic (exact) mass is 1170 g/mol. The number of carboxylic acid groups (broad SMARTS) is 2. The molecule has 2 aliphatic carbocycles. The molecule has 11 N–H and O–H groups in total. The number of Topliss-reactive ketones (excluding diaryl/α,β-unsaturated/α-hetero) is 2. The highest BCUT2D eigenvalue weighted by atomic mass is 33.1. The molecule has 7 unspecified atom stereocenters. The molecule has 0 bridgehead atoms. The van der Waals surface area contributed by atoms with E-state index in [2.05, 4.69) is 30.6 Å². The first-order valence-corrected chi connectivity index (χ1v) is 28.1. The number of aromatic amines is 1. The third kappa shape index (κ3) is 13.2. The molecule has 8 atom stereocenters. The highest BCUT2D eigenvalue weighted by Crippen LogP contribution is 2.52. The van der Waals surface area contributed by atoms with E-state index in [4.69, 9.17) is 24.7 Å². The zero-order chi connectivity index (χ0) is 59.3. The van der Waals surface area contributed by atoms with Crippen LogP contribution >= 0.6 is 21.6 Å². The number of phenolic OH excluding ortho intramolecular Hbond substituents is 2. The van der Waals surface area contributed by atoms with Crippen LogP contribution in [0.4, 0.5) is 10.7 Å². The van der Waals surface area contributed by atoms with Crippen LogP contribution in [-0.4, -0.2) is 159 Å².